The maximum Gasteiger partial charge on any atom is 0.242 e. The molecule has 1 saturated heterocycles. The molecule has 0 aromatic carbocycles. The van der Waals surface area contributed by atoms with E-state index in [1.807, 2.05) is 0 Å². The van der Waals surface area contributed by atoms with Crippen molar-refractivity contribution >= 4 is 27.4 Å². The van der Waals surface area contributed by atoms with Gasteiger partial charge >= 0.3 is 0 Å². The number of rotatable bonds is 3. The minimum atomic E-state index is -3.63. The second kappa shape index (κ2) is 5.40. The van der Waals surface area contributed by atoms with Crippen LogP contribution in [0.4, 0.5) is 5.82 Å². The molecule has 1 unspecified atom stereocenters. The number of nitrogens with zero attached hydrogens (tertiary/aromatic N) is 1. The molecule has 100 valence electrons. The van der Waals surface area contributed by atoms with Crippen LogP contribution in [0.15, 0.2) is 17.2 Å². The average Bonchev–Trinajstić information content (AvgIpc) is 2.33. The van der Waals surface area contributed by atoms with Crippen LogP contribution in [-0.2, 0) is 14.8 Å². The molecule has 1 aliphatic rings. The van der Waals surface area contributed by atoms with Crippen molar-refractivity contribution in [2.75, 3.05) is 18.9 Å². The lowest BCUT2D eigenvalue weighted by atomic mass is 10.1. The Morgan fingerprint density at radius 2 is 2.33 bits per heavy atom. The normalized spacial score (nSPS) is 20.8. The molecule has 0 amide bonds. The number of hydrogen-bond donors (Lipinski definition) is 2. The van der Waals surface area contributed by atoms with Crippen molar-refractivity contribution < 1.29 is 13.2 Å². The van der Waals surface area contributed by atoms with Crippen LogP contribution in [0, 0.1) is 0 Å². The van der Waals surface area contributed by atoms with Crippen molar-refractivity contribution in [3.8, 4) is 0 Å². The number of ether oxygens (including phenoxy) is 1. The van der Waals surface area contributed by atoms with Gasteiger partial charge in [-0.1, -0.05) is 11.6 Å². The number of hydrogen-bond acceptors (Lipinski definition) is 5. The molecule has 3 N–H and O–H groups in total. The number of nitrogens with two attached hydrogens (primary N) is 1. The number of pyridine rings is 1. The molecule has 1 aromatic heterocycles. The van der Waals surface area contributed by atoms with Gasteiger partial charge in [0.1, 0.15) is 10.7 Å². The molecule has 1 fully saturated rings. The monoisotopic (exact) mass is 291 g/mol. The van der Waals surface area contributed by atoms with E-state index >= 15 is 0 Å². The zero-order chi connectivity index (χ0) is 13.2. The Morgan fingerprint density at radius 1 is 1.56 bits per heavy atom. The van der Waals surface area contributed by atoms with Crippen molar-refractivity contribution in [2.24, 2.45) is 0 Å². The molecule has 0 bridgehead atoms. The van der Waals surface area contributed by atoms with Crippen LogP contribution in [0.25, 0.3) is 0 Å². The lowest BCUT2D eigenvalue weighted by molar-refractivity contribution is 0.0774. The highest BCUT2D eigenvalue weighted by Crippen LogP contribution is 2.20. The Labute approximate surface area is 111 Å². The van der Waals surface area contributed by atoms with Crippen LogP contribution < -0.4 is 10.5 Å². The molecular formula is C10H14ClN3O3S. The van der Waals surface area contributed by atoms with Crippen molar-refractivity contribution in [2.45, 2.75) is 23.8 Å². The van der Waals surface area contributed by atoms with E-state index in [9.17, 15) is 8.42 Å². The van der Waals surface area contributed by atoms with Crippen molar-refractivity contribution in [3.63, 3.8) is 0 Å². The van der Waals surface area contributed by atoms with Gasteiger partial charge in [0.2, 0.25) is 10.0 Å². The van der Waals surface area contributed by atoms with Crippen LogP contribution in [0.2, 0.25) is 5.02 Å². The number of sulfonamides is 1. The fourth-order valence-electron chi connectivity index (χ4n) is 1.70. The molecule has 0 radical (unpaired) electrons. The van der Waals surface area contributed by atoms with Crippen LogP contribution in [0.3, 0.4) is 0 Å². The van der Waals surface area contributed by atoms with Crippen LogP contribution in [0.5, 0.6) is 0 Å². The zero-order valence-electron chi connectivity index (χ0n) is 9.60. The second-order valence-corrected chi connectivity index (χ2v) is 6.19. The Balaban J connectivity index is 2.16. The van der Waals surface area contributed by atoms with E-state index in [1.165, 1.54) is 12.3 Å². The smallest absolute Gasteiger partial charge is 0.242 e. The van der Waals surface area contributed by atoms with Crippen LogP contribution >= 0.6 is 11.6 Å². The quantitative estimate of drug-likeness (QED) is 0.858. The fourth-order valence-corrected chi connectivity index (χ4v) is 3.16. The highest BCUT2D eigenvalue weighted by molar-refractivity contribution is 7.89. The molecule has 0 aliphatic carbocycles. The highest BCUT2D eigenvalue weighted by Gasteiger charge is 2.23. The number of nitrogens with one attached hydrogen (secondary N) is 1. The summed E-state index contributed by atoms with van der Waals surface area (Å²) in [6.07, 6.45) is 2.79. The maximum absolute atomic E-state index is 12.1. The summed E-state index contributed by atoms with van der Waals surface area (Å²) in [4.78, 5) is 3.74. The van der Waals surface area contributed by atoms with Gasteiger partial charge < -0.3 is 10.5 Å². The van der Waals surface area contributed by atoms with Gasteiger partial charge in [-0.25, -0.2) is 18.1 Å². The van der Waals surface area contributed by atoms with Crippen LogP contribution in [0.1, 0.15) is 12.8 Å². The van der Waals surface area contributed by atoms with Crippen LogP contribution in [-0.4, -0.2) is 32.7 Å². The first kappa shape index (κ1) is 13.5. The second-order valence-electron chi connectivity index (χ2n) is 4.07. The van der Waals surface area contributed by atoms with Crippen molar-refractivity contribution in [3.05, 3.63) is 17.3 Å². The van der Waals surface area contributed by atoms with Gasteiger partial charge in [-0.2, -0.15) is 0 Å². The van der Waals surface area contributed by atoms with E-state index in [-0.39, 0.29) is 21.8 Å². The largest absolute Gasteiger partial charge is 0.382 e. The average molecular weight is 292 g/mol. The highest BCUT2D eigenvalue weighted by atomic mass is 35.5. The van der Waals surface area contributed by atoms with Gasteiger partial charge in [-0.15, -0.1) is 0 Å². The number of nitrogen functional groups attached to an aromatic ring is 1. The van der Waals surface area contributed by atoms with Crippen molar-refractivity contribution in [1.82, 2.24) is 9.71 Å². The van der Waals surface area contributed by atoms with E-state index in [2.05, 4.69) is 9.71 Å². The Hall–Kier alpha value is -0.890. The van der Waals surface area contributed by atoms with Gasteiger partial charge in [0, 0.05) is 18.8 Å². The standard InChI is InChI=1S/C10H14ClN3O3S/c11-9-4-8(5-13-10(9)12)18(15,16)14-7-2-1-3-17-6-7/h4-5,7,14H,1-3,6H2,(H2,12,13). The summed E-state index contributed by atoms with van der Waals surface area (Å²) in [5, 5.41) is 0.123. The van der Waals surface area contributed by atoms with E-state index in [0.29, 0.717) is 13.2 Å². The predicted octanol–water partition coefficient (Wildman–Crippen LogP) is 0.775. The number of anilines is 1. The van der Waals surface area contributed by atoms with E-state index in [0.717, 1.165) is 12.8 Å². The Kier molecular flexibility index (Phi) is 4.06. The molecule has 0 spiro atoms. The van der Waals surface area contributed by atoms with E-state index < -0.39 is 10.0 Å². The Morgan fingerprint density at radius 3 is 2.94 bits per heavy atom. The van der Waals surface area contributed by atoms with Gasteiger partial charge in [-0.3, -0.25) is 0 Å². The lowest BCUT2D eigenvalue weighted by Crippen LogP contribution is -2.40. The third kappa shape index (κ3) is 3.11. The molecule has 1 atom stereocenters. The predicted molar refractivity (Wildman–Crippen MR) is 67.8 cm³/mol. The van der Waals surface area contributed by atoms with Gasteiger partial charge in [-0.05, 0) is 18.9 Å². The first-order valence-electron chi connectivity index (χ1n) is 5.50. The summed E-state index contributed by atoms with van der Waals surface area (Å²) >= 11 is 5.76. The third-order valence-corrected chi connectivity index (χ3v) is 4.43. The third-order valence-electron chi connectivity index (χ3n) is 2.64. The summed E-state index contributed by atoms with van der Waals surface area (Å²) in [5.41, 5.74) is 5.44. The topological polar surface area (TPSA) is 94.3 Å². The van der Waals surface area contributed by atoms with Gasteiger partial charge in [0.05, 0.1) is 11.6 Å². The molecule has 1 aliphatic heterocycles. The lowest BCUT2D eigenvalue weighted by Gasteiger charge is -2.22. The molecule has 0 saturated carbocycles. The fraction of sp³-hybridized carbons (Fsp3) is 0.500. The molecule has 8 heteroatoms. The molecule has 2 heterocycles. The van der Waals surface area contributed by atoms with E-state index in [1.54, 1.807) is 0 Å². The molecule has 18 heavy (non-hydrogen) atoms. The SMILES string of the molecule is Nc1ncc(S(=O)(=O)NC2CCCOC2)cc1Cl. The number of aromatic nitrogens is 1. The van der Waals surface area contributed by atoms with Crippen molar-refractivity contribution in [1.29, 1.82) is 0 Å². The summed E-state index contributed by atoms with van der Waals surface area (Å²) < 4.78 is 31.9. The van der Waals surface area contributed by atoms with E-state index in [4.69, 9.17) is 22.1 Å². The minimum Gasteiger partial charge on any atom is -0.382 e. The Bertz CT molecular complexity index is 529. The summed E-state index contributed by atoms with van der Waals surface area (Å²) in [5.74, 6) is 0.108. The summed E-state index contributed by atoms with van der Waals surface area (Å²) in [6, 6.07) is 1.08. The summed E-state index contributed by atoms with van der Waals surface area (Å²) in [6.45, 7) is 1.06. The number of halogens is 1. The molecule has 6 nitrogen and oxygen atoms in total. The molecule has 2 rings (SSSR count). The summed E-state index contributed by atoms with van der Waals surface area (Å²) in [7, 11) is -3.63. The maximum atomic E-state index is 12.1. The minimum absolute atomic E-state index is 0.00673. The molecule has 1 aromatic rings. The van der Waals surface area contributed by atoms with Gasteiger partial charge in [0.25, 0.3) is 0 Å². The molecular weight excluding hydrogens is 278 g/mol. The van der Waals surface area contributed by atoms with Gasteiger partial charge in [0.15, 0.2) is 0 Å². The first-order chi connectivity index (χ1) is 8.49. The zero-order valence-corrected chi connectivity index (χ0v) is 11.2. The first-order valence-corrected chi connectivity index (χ1v) is 7.36.